The molecule has 3 aromatic rings. The van der Waals surface area contributed by atoms with Crippen molar-refractivity contribution in [1.29, 1.82) is 0 Å². The molecule has 0 bridgehead atoms. The van der Waals surface area contributed by atoms with Gasteiger partial charge in [0.2, 0.25) is 11.7 Å². The Morgan fingerprint density at radius 2 is 1.79 bits per heavy atom. The monoisotopic (exact) mass is 689 g/mol. The van der Waals surface area contributed by atoms with Crippen LogP contribution in [0.25, 0.3) is 11.4 Å². The van der Waals surface area contributed by atoms with Gasteiger partial charge in [-0.15, -0.1) is 5.10 Å². The number of carbonyl (C=O) groups is 2. The molecule has 2 aliphatic heterocycles. The lowest BCUT2D eigenvalue weighted by molar-refractivity contribution is -0.137. The topological polar surface area (TPSA) is 114 Å². The van der Waals surface area contributed by atoms with Gasteiger partial charge >= 0.3 is 12.3 Å². The Balaban J connectivity index is 1.40. The van der Waals surface area contributed by atoms with Gasteiger partial charge in [0.15, 0.2) is 5.82 Å². The predicted octanol–water partition coefficient (Wildman–Crippen LogP) is 6.65. The summed E-state index contributed by atoms with van der Waals surface area (Å²) >= 11 is 6.19. The molecule has 1 saturated heterocycles. The molecule has 2 atom stereocenters. The quantitative estimate of drug-likeness (QED) is 0.326. The van der Waals surface area contributed by atoms with E-state index in [1.54, 1.807) is 30.2 Å². The molecule has 1 fully saturated rings. The summed E-state index contributed by atoms with van der Waals surface area (Å²) in [5, 5.41) is 7.14. The fourth-order valence-electron chi connectivity index (χ4n) is 6.68. The third-order valence-corrected chi connectivity index (χ3v) is 9.30. The van der Waals surface area contributed by atoms with Gasteiger partial charge in [-0.1, -0.05) is 31.0 Å². The molecule has 11 nitrogen and oxygen atoms in total. The summed E-state index contributed by atoms with van der Waals surface area (Å²) < 4.78 is 48.3. The second-order valence-electron chi connectivity index (χ2n) is 13.7. The van der Waals surface area contributed by atoms with Crippen molar-refractivity contribution in [3.63, 3.8) is 0 Å². The van der Waals surface area contributed by atoms with Crippen LogP contribution in [-0.4, -0.2) is 67.8 Å². The van der Waals surface area contributed by atoms with Crippen molar-refractivity contribution < 1.29 is 27.5 Å². The van der Waals surface area contributed by atoms with Gasteiger partial charge in [-0.25, -0.2) is 4.79 Å². The van der Waals surface area contributed by atoms with E-state index >= 15 is 0 Å². The zero-order valence-electron chi connectivity index (χ0n) is 27.4. The highest BCUT2D eigenvalue weighted by molar-refractivity contribution is 6.33. The van der Waals surface area contributed by atoms with Gasteiger partial charge in [0.25, 0.3) is 5.56 Å². The first kappa shape index (κ1) is 33.8. The number of hydrogen-bond donors (Lipinski definition) is 1. The van der Waals surface area contributed by atoms with Gasteiger partial charge in [-0.05, 0) is 76.6 Å². The second kappa shape index (κ2) is 12.8. The number of rotatable bonds is 4. The zero-order chi connectivity index (χ0) is 34.5. The molecule has 2 aromatic heterocycles. The molecule has 1 N–H and O–H groups in total. The molecule has 1 aromatic carbocycles. The number of amides is 2. The van der Waals surface area contributed by atoms with Gasteiger partial charge in [-0.3, -0.25) is 14.2 Å². The number of nitrogens with one attached hydrogen (secondary N) is 1. The van der Waals surface area contributed by atoms with Crippen LogP contribution in [0.4, 0.5) is 29.3 Å². The van der Waals surface area contributed by atoms with E-state index in [1.165, 1.54) is 4.52 Å². The lowest BCUT2D eigenvalue weighted by atomic mass is 10.0. The summed E-state index contributed by atoms with van der Waals surface area (Å²) in [7, 11) is 0. The molecule has 0 saturated carbocycles. The molecule has 6 rings (SSSR count). The number of piperazine rings is 1. The molecule has 2 amide bonds. The summed E-state index contributed by atoms with van der Waals surface area (Å²) in [5.41, 5.74) is 0.0432. The first-order valence-corrected chi connectivity index (χ1v) is 16.6. The number of anilines is 2. The van der Waals surface area contributed by atoms with Crippen LogP contribution < -0.4 is 15.8 Å². The molecule has 48 heavy (non-hydrogen) atoms. The number of fused-ring (bicyclic) bond motifs is 3. The highest BCUT2D eigenvalue weighted by Gasteiger charge is 2.41. The van der Waals surface area contributed by atoms with Crippen molar-refractivity contribution in [2.45, 2.75) is 90.0 Å². The molecule has 258 valence electrons. The predicted molar refractivity (Wildman–Crippen MR) is 175 cm³/mol. The molecule has 3 aliphatic rings. The van der Waals surface area contributed by atoms with Crippen LogP contribution in [0.3, 0.4) is 0 Å². The van der Waals surface area contributed by atoms with Crippen LogP contribution in [0.1, 0.15) is 95.3 Å². The maximum Gasteiger partial charge on any atom is 0.416 e. The molecule has 4 heterocycles. The summed E-state index contributed by atoms with van der Waals surface area (Å²) in [6.07, 6.45) is 2.15. The lowest BCUT2D eigenvalue weighted by Crippen LogP contribution is -2.51. The van der Waals surface area contributed by atoms with E-state index in [1.807, 2.05) is 11.8 Å². The third kappa shape index (κ3) is 6.63. The summed E-state index contributed by atoms with van der Waals surface area (Å²) in [6.45, 7) is 8.69. The van der Waals surface area contributed by atoms with E-state index in [9.17, 15) is 27.6 Å². The number of ether oxygens (including phenoxy) is 1. The van der Waals surface area contributed by atoms with Crippen LogP contribution in [0.5, 0.6) is 0 Å². The van der Waals surface area contributed by atoms with E-state index in [4.69, 9.17) is 21.3 Å². The van der Waals surface area contributed by atoms with Gasteiger partial charge in [0.05, 0.1) is 22.0 Å². The maximum absolute atomic E-state index is 14.3. The van der Waals surface area contributed by atoms with Crippen LogP contribution >= 0.6 is 11.6 Å². The number of hydrogen-bond acceptors (Lipinski definition) is 7. The van der Waals surface area contributed by atoms with Crippen molar-refractivity contribution in [3.05, 3.63) is 56.7 Å². The van der Waals surface area contributed by atoms with E-state index in [0.29, 0.717) is 49.8 Å². The number of alkyl halides is 3. The van der Waals surface area contributed by atoms with Gasteiger partial charge in [-0.2, -0.15) is 22.7 Å². The number of nitrogens with zero attached hydrogens (tertiary/aromatic N) is 6. The van der Waals surface area contributed by atoms with Crippen LogP contribution in [0.15, 0.2) is 29.1 Å². The maximum atomic E-state index is 14.3. The molecule has 2 unspecified atom stereocenters. The average Bonchev–Trinajstić information content (AvgIpc) is 3.48. The van der Waals surface area contributed by atoms with E-state index in [2.05, 4.69) is 16.5 Å². The minimum atomic E-state index is -4.59. The van der Waals surface area contributed by atoms with Crippen LogP contribution in [0.2, 0.25) is 5.02 Å². The van der Waals surface area contributed by atoms with E-state index < -0.39 is 35.4 Å². The summed E-state index contributed by atoms with van der Waals surface area (Å²) in [6, 6.07) is 1.91. The Hall–Kier alpha value is -4.07. The SMILES string of the molecule is CC1CC(C(=O)Nc2ccc(C(F)(F)F)cc2Cl)n2c1c(N1CCN(C(=O)OC(C)(C)C)CC1)c(=O)n1nc(C3=CCCCCC3)nc21. The minimum Gasteiger partial charge on any atom is -0.444 e. The first-order chi connectivity index (χ1) is 22.6. The van der Waals surface area contributed by atoms with Crippen LogP contribution in [-0.2, 0) is 15.7 Å². The molecule has 0 spiro atoms. The normalized spacial score (nSPS) is 20.4. The number of carbonyl (C=O) groups excluding carboxylic acids is 2. The van der Waals surface area contributed by atoms with Gasteiger partial charge in [0.1, 0.15) is 17.3 Å². The number of aromatic nitrogens is 4. The fraction of sp³-hybridized carbons (Fsp3) is 0.545. The largest absolute Gasteiger partial charge is 0.444 e. The molecule has 1 aliphatic carbocycles. The minimum absolute atomic E-state index is 0.0390. The van der Waals surface area contributed by atoms with E-state index in [0.717, 1.165) is 55.9 Å². The summed E-state index contributed by atoms with van der Waals surface area (Å²) in [5.74, 6) is -0.126. The summed E-state index contributed by atoms with van der Waals surface area (Å²) in [4.78, 5) is 49.3. The van der Waals surface area contributed by atoms with Crippen molar-refractivity contribution in [2.75, 3.05) is 36.4 Å². The Kier molecular flexibility index (Phi) is 8.98. The number of benzene rings is 1. The molecular weight excluding hydrogens is 651 g/mol. The number of halogens is 4. The molecule has 15 heteroatoms. The highest BCUT2D eigenvalue weighted by atomic mass is 35.5. The average molecular weight is 690 g/mol. The Morgan fingerprint density at radius 1 is 1.06 bits per heavy atom. The van der Waals surface area contributed by atoms with Crippen molar-refractivity contribution in [3.8, 4) is 0 Å². The van der Waals surface area contributed by atoms with Gasteiger partial charge < -0.3 is 19.9 Å². The molecular formula is C33H39ClF3N7O4. The van der Waals surface area contributed by atoms with E-state index in [-0.39, 0.29) is 28.0 Å². The first-order valence-electron chi connectivity index (χ1n) is 16.3. The Bertz CT molecular complexity index is 1840. The van der Waals surface area contributed by atoms with Crippen molar-refractivity contribution in [2.24, 2.45) is 0 Å². The fourth-order valence-corrected chi connectivity index (χ4v) is 6.91. The van der Waals surface area contributed by atoms with Crippen molar-refractivity contribution in [1.82, 2.24) is 24.1 Å². The number of allylic oxidation sites excluding steroid dienone is 2. The van der Waals surface area contributed by atoms with Crippen molar-refractivity contribution >= 4 is 46.3 Å². The molecule has 0 radical (unpaired) electrons. The third-order valence-electron chi connectivity index (χ3n) is 8.99. The lowest BCUT2D eigenvalue weighted by Gasteiger charge is -2.37. The highest BCUT2D eigenvalue weighted by Crippen LogP contribution is 2.42. The standard InChI is InChI=1S/C33H39ClF3N7O4/c1-19-17-24(28(45)38-23-12-11-21(18-22(23)34)33(35,36)37)43-25(19)26(41-13-15-42(16-14-41)31(47)48-32(2,3)4)29(46)44-30(43)39-27(40-44)20-9-7-5-6-8-10-20/h9,11-12,18-19,24H,5-8,10,13-17H2,1-4H3,(H,38,45). The van der Waals surface area contributed by atoms with Gasteiger partial charge in [0, 0.05) is 32.1 Å². The Morgan fingerprint density at radius 3 is 2.46 bits per heavy atom. The smallest absolute Gasteiger partial charge is 0.416 e. The Labute approximate surface area is 280 Å². The zero-order valence-corrected chi connectivity index (χ0v) is 28.1. The second-order valence-corrected chi connectivity index (χ2v) is 14.1. The van der Waals surface area contributed by atoms with Crippen LogP contribution in [0, 0.1) is 0 Å².